The molecule has 32 heavy (non-hydrogen) atoms. The van der Waals surface area contributed by atoms with E-state index in [2.05, 4.69) is 11.2 Å². The number of rotatable bonds is 6. The smallest absolute Gasteiger partial charge is 0.408 e. The SMILES string of the molecule is Cc1[c-]n(CCc2cn(C(=O)c3ccccc3)cn2)c(=O)n(Cc2ccccc2)c1=O.[Li+]. The fraction of sp³-hybridized carbons (Fsp3) is 0.167. The summed E-state index contributed by atoms with van der Waals surface area (Å²) in [4.78, 5) is 42.2. The van der Waals surface area contributed by atoms with E-state index in [0.717, 1.165) is 5.56 Å². The van der Waals surface area contributed by atoms with E-state index < -0.39 is 5.69 Å². The van der Waals surface area contributed by atoms with Crippen LogP contribution in [0.4, 0.5) is 0 Å². The second kappa shape index (κ2) is 10.3. The molecule has 0 N–H and O–H groups in total. The Bertz CT molecular complexity index is 1320. The molecule has 0 saturated heterocycles. The molecule has 0 amide bonds. The first-order valence-corrected chi connectivity index (χ1v) is 9.93. The van der Waals surface area contributed by atoms with Crippen molar-refractivity contribution in [1.82, 2.24) is 18.7 Å². The summed E-state index contributed by atoms with van der Waals surface area (Å²) in [7, 11) is 0. The van der Waals surface area contributed by atoms with Crippen molar-refractivity contribution in [1.29, 1.82) is 0 Å². The summed E-state index contributed by atoms with van der Waals surface area (Å²) >= 11 is 0. The standard InChI is InChI=1S/C24H21N4O3.Li/c1-18-14-26(24(31)28(22(18)29)15-19-8-4-2-5-9-19)13-12-21-16-27(17-25-21)23(30)20-10-6-3-7-11-20;/h2-11,16-17H,12-13,15H2,1H3;/q-1;+1. The third-order valence-electron chi connectivity index (χ3n) is 5.00. The van der Waals surface area contributed by atoms with Gasteiger partial charge in [-0.3, -0.25) is 9.36 Å². The van der Waals surface area contributed by atoms with E-state index in [4.69, 9.17) is 0 Å². The molecule has 0 bridgehead atoms. The van der Waals surface area contributed by atoms with Crippen LogP contribution in [-0.2, 0) is 19.5 Å². The van der Waals surface area contributed by atoms with Gasteiger partial charge in [0, 0.05) is 31.3 Å². The maximum atomic E-state index is 12.9. The number of nitrogens with zero attached hydrogens (tertiary/aromatic N) is 4. The second-order valence-electron chi connectivity index (χ2n) is 7.24. The molecule has 2 aromatic carbocycles. The van der Waals surface area contributed by atoms with Crippen molar-refractivity contribution in [2.45, 2.75) is 26.4 Å². The van der Waals surface area contributed by atoms with Gasteiger partial charge in [0.15, 0.2) is 0 Å². The average molecular weight is 420 g/mol. The van der Waals surface area contributed by atoms with Crippen molar-refractivity contribution < 1.29 is 23.7 Å². The first kappa shape index (κ1) is 23.3. The van der Waals surface area contributed by atoms with Gasteiger partial charge in [-0.2, -0.15) is 0 Å². The van der Waals surface area contributed by atoms with E-state index in [9.17, 15) is 14.4 Å². The minimum absolute atomic E-state index is 0. The largest absolute Gasteiger partial charge is 1.00 e. The summed E-state index contributed by atoms with van der Waals surface area (Å²) in [5.74, 6) is -0.171. The molecule has 0 aliphatic heterocycles. The molecule has 0 aliphatic rings. The monoisotopic (exact) mass is 420 g/mol. The van der Waals surface area contributed by atoms with Crippen LogP contribution in [0, 0.1) is 13.1 Å². The Hall–Kier alpha value is -3.40. The second-order valence-corrected chi connectivity index (χ2v) is 7.24. The van der Waals surface area contributed by atoms with Crippen molar-refractivity contribution in [3.63, 3.8) is 0 Å². The van der Waals surface area contributed by atoms with Crippen LogP contribution in [0.2, 0.25) is 0 Å². The molecule has 2 heterocycles. The molecule has 0 radical (unpaired) electrons. The summed E-state index contributed by atoms with van der Waals surface area (Å²) in [6.45, 7) is 2.15. The van der Waals surface area contributed by atoms with Crippen molar-refractivity contribution >= 4 is 5.91 Å². The number of hydrogen-bond donors (Lipinski definition) is 0. The maximum absolute atomic E-state index is 12.9. The van der Waals surface area contributed by atoms with Crippen LogP contribution in [0.15, 0.2) is 82.8 Å². The molecular weight excluding hydrogens is 399 g/mol. The van der Waals surface area contributed by atoms with Gasteiger partial charge in [0.2, 0.25) is 5.69 Å². The molecule has 4 rings (SSSR count). The van der Waals surface area contributed by atoms with Gasteiger partial charge in [0.25, 0.3) is 5.91 Å². The van der Waals surface area contributed by atoms with Crippen LogP contribution in [0.25, 0.3) is 0 Å². The van der Waals surface area contributed by atoms with E-state index in [1.165, 1.54) is 20.0 Å². The molecule has 2 aromatic heterocycles. The molecule has 0 saturated carbocycles. The number of carbonyl (C=O) groups excluding carboxylic acids is 1. The van der Waals surface area contributed by atoms with Gasteiger partial charge in [0.05, 0.1) is 5.69 Å². The number of hydrogen-bond acceptors (Lipinski definition) is 4. The molecular formula is C24H21LiN4O3. The Kier molecular flexibility index (Phi) is 7.47. The summed E-state index contributed by atoms with van der Waals surface area (Å²) in [6, 6.07) is 18.3. The zero-order valence-corrected chi connectivity index (χ0v) is 18.1. The molecule has 156 valence electrons. The van der Waals surface area contributed by atoms with Crippen LogP contribution < -0.4 is 30.1 Å². The van der Waals surface area contributed by atoms with Gasteiger partial charge in [0.1, 0.15) is 11.9 Å². The minimum atomic E-state index is -0.417. The van der Waals surface area contributed by atoms with Crippen LogP contribution in [0.3, 0.4) is 0 Å². The van der Waals surface area contributed by atoms with Crippen LogP contribution >= 0.6 is 0 Å². The van der Waals surface area contributed by atoms with E-state index in [-0.39, 0.29) is 36.9 Å². The molecule has 4 aromatic rings. The van der Waals surface area contributed by atoms with Crippen molar-refractivity contribution in [3.8, 4) is 0 Å². The number of aromatic nitrogens is 4. The third-order valence-corrected chi connectivity index (χ3v) is 5.00. The van der Waals surface area contributed by atoms with Crippen LogP contribution in [-0.4, -0.2) is 24.6 Å². The van der Waals surface area contributed by atoms with Crippen molar-refractivity contribution in [2.24, 2.45) is 0 Å². The zero-order valence-electron chi connectivity index (χ0n) is 18.1. The van der Waals surface area contributed by atoms with Crippen molar-refractivity contribution in [2.75, 3.05) is 0 Å². The molecule has 0 spiro atoms. The number of aryl methyl sites for hydroxylation is 3. The van der Waals surface area contributed by atoms with Gasteiger partial charge >= 0.3 is 18.9 Å². The number of carbonyl (C=O) groups is 1. The molecule has 8 heteroatoms. The van der Waals surface area contributed by atoms with E-state index in [1.54, 1.807) is 37.4 Å². The van der Waals surface area contributed by atoms with Crippen LogP contribution in [0.5, 0.6) is 0 Å². The predicted molar refractivity (Wildman–Crippen MR) is 116 cm³/mol. The van der Waals surface area contributed by atoms with Gasteiger partial charge in [-0.1, -0.05) is 67.2 Å². The average Bonchev–Trinajstić information content (AvgIpc) is 3.28. The summed E-state index contributed by atoms with van der Waals surface area (Å²) in [6.07, 6.45) is 6.42. The Morgan fingerprint density at radius 2 is 1.66 bits per heavy atom. The molecule has 0 unspecified atom stereocenters. The Balaban J connectivity index is 0.00000289. The molecule has 0 aliphatic carbocycles. The van der Waals surface area contributed by atoms with Crippen molar-refractivity contribution in [3.05, 3.63) is 123 Å². The van der Waals surface area contributed by atoms with E-state index >= 15 is 0 Å². The first-order valence-electron chi connectivity index (χ1n) is 9.93. The van der Waals surface area contributed by atoms with Crippen LogP contribution in [0.1, 0.15) is 27.2 Å². The quantitative estimate of drug-likeness (QED) is 0.305. The molecule has 0 fully saturated rings. The minimum Gasteiger partial charge on any atom is -0.408 e. The van der Waals surface area contributed by atoms with Gasteiger partial charge in [-0.05, 0) is 17.7 Å². The summed E-state index contributed by atoms with van der Waals surface area (Å²) in [5, 5.41) is 0. The zero-order chi connectivity index (χ0) is 21.8. The summed E-state index contributed by atoms with van der Waals surface area (Å²) < 4.78 is 4.05. The predicted octanol–water partition coefficient (Wildman–Crippen LogP) is -0.701. The molecule has 7 nitrogen and oxygen atoms in total. The molecule has 0 atom stereocenters. The third kappa shape index (κ3) is 5.08. The van der Waals surface area contributed by atoms with Gasteiger partial charge < -0.3 is 18.7 Å². The first-order chi connectivity index (χ1) is 15.0. The Labute approximate surface area is 197 Å². The Morgan fingerprint density at radius 1 is 1.00 bits per heavy atom. The Morgan fingerprint density at radius 3 is 2.34 bits per heavy atom. The number of benzene rings is 2. The topological polar surface area (TPSA) is 78.9 Å². The van der Waals surface area contributed by atoms with Gasteiger partial charge in [-0.15, -0.1) is 0 Å². The number of imidazole rings is 1. The fourth-order valence-corrected chi connectivity index (χ4v) is 3.35. The summed E-state index contributed by atoms with van der Waals surface area (Å²) in [5.41, 5.74) is 1.72. The van der Waals surface area contributed by atoms with E-state index in [0.29, 0.717) is 29.8 Å². The van der Waals surface area contributed by atoms with E-state index in [1.807, 2.05) is 36.4 Å². The van der Waals surface area contributed by atoms with Gasteiger partial charge in [-0.25, -0.2) is 4.98 Å². The fourth-order valence-electron chi connectivity index (χ4n) is 3.35. The maximum Gasteiger partial charge on any atom is 1.00 e. The normalized spacial score (nSPS) is 10.5.